The average molecular weight is 344 g/mol. The van der Waals surface area contributed by atoms with Gasteiger partial charge in [0.1, 0.15) is 0 Å². The molecule has 0 aromatic heterocycles. The molecule has 0 heterocycles. The zero-order valence-corrected chi connectivity index (χ0v) is 16.9. The molecular formula is C20H41NOS. The molecule has 138 valence electrons. The van der Waals surface area contributed by atoms with Crippen molar-refractivity contribution in [2.24, 2.45) is 0 Å². The van der Waals surface area contributed by atoms with Gasteiger partial charge in [-0.15, -0.1) is 0 Å². The van der Waals surface area contributed by atoms with Gasteiger partial charge in [-0.1, -0.05) is 85.0 Å². The Morgan fingerprint density at radius 1 is 0.696 bits per heavy atom. The second-order valence-electron chi connectivity index (χ2n) is 6.55. The second kappa shape index (κ2) is 18.2. The summed E-state index contributed by atoms with van der Waals surface area (Å²) in [5.74, 6) is 2.06. The van der Waals surface area contributed by atoms with Gasteiger partial charge in [-0.2, -0.15) is 11.8 Å². The third-order valence-electron chi connectivity index (χ3n) is 4.35. The van der Waals surface area contributed by atoms with Gasteiger partial charge in [0.05, 0.1) is 5.75 Å². The fraction of sp³-hybridized carbons (Fsp3) is 0.950. The number of unbranched alkanes of at least 4 members (excludes halogenated alkanes) is 10. The smallest absolute Gasteiger partial charge is 0.232 e. The lowest BCUT2D eigenvalue weighted by Crippen LogP contribution is -2.34. The largest absolute Gasteiger partial charge is 0.342 e. The standard InChI is InChI=1S/C20H41NOS/c1-4-7-9-11-13-15-17-21(20(22)19-23-6-3)18-16-14-12-10-8-5-2/h4-19H2,1-3H3. The molecule has 0 fully saturated rings. The van der Waals surface area contributed by atoms with Crippen molar-refractivity contribution in [2.75, 3.05) is 24.6 Å². The maximum absolute atomic E-state index is 12.3. The van der Waals surface area contributed by atoms with Gasteiger partial charge in [-0.25, -0.2) is 0 Å². The van der Waals surface area contributed by atoms with E-state index < -0.39 is 0 Å². The molecule has 0 aliphatic rings. The van der Waals surface area contributed by atoms with Crippen LogP contribution in [0.5, 0.6) is 0 Å². The molecule has 0 aliphatic heterocycles. The summed E-state index contributed by atoms with van der Waals surface area (Å²) in [7, 11) is 0. The molecule has 0 radical (unpaired) electrons. The van der Waals surface area contributed by atoms with E-state index in [1.807, 2.05) is 0 Å². The first-order valence-electron chi connectivity index (χ1n) is 10.1. The number of thioether (sulfide) groups is 1. The number of carbonyl (C=O) groups is 1. The molecule has 0 unspecified atom stereocenters. The van der Waals surface area contributed by atoms with Crippen LogP contribution in [-0.2, 0) is 4.79 Å². The molecule has 0 saturated heterocycles. The Balaban J connectivity index is 3.91. The first kappa shape index (κ1) is 22.8. The average Bonchev–Trinajstić information content (AvgIpc) is 2.56. The molecule has 3 heteroatoms. The third kappa shape index (κ3) is 15.1. The van der Waals surface area contributed by atoms with Gasteiger partial charge in [0.25, 0.3) is 0 Å². The zero-order chi connectivity index (χ0) is 17.2. The molecule has 23 heavy (non-hydrogen) atoms. The van der Waals surface area contributed by atoms with Gasteiger partial charge >= 0.3 is 0 Å². The SMILES string of the molecule is CCCCCCCCN(CCCCCCCC)C(=O)CSCC. The molecule has 0 atom stereocenters. The van der Waals surface area contributed by atoms with Gasteiger partial charge in [0.15, 0.2) is 0 Å². The topological polar surface area (TPSA) is 20.3 Å². The molecule has 2 nitrogen and oxygen atoms in total. The molecular weight excluding hydrogens is 302 g/mol. The molecule has 1 amide bonds. The van der Waals surface area contributed by atoms with Crippen LogP contribution in [0.15, 0.2) is 0 Å². The zero-order valence-electron chi connectivity index (χ0n) is 16.1. The second-order valence-corrected chi connectivity index (χ2v) is 7.83. The fourth-order valence-corrected chi connectivity index (χ4v) is 3.37. The maximum Gasteiger partial charge on any atom is 0.232 e. The molecule has 0 N–H and O–H groups in total. The van der Waals surface area contributed by atoms with Crippen LogP contribution < -0.4 is 0 Å². The van der Waals surface area contributed by atoms with E-state index in [9.17, 15) is 4.79 Å². The van der Waals surface area contributed by atoms with E-state index in [2.05, 4.69) is 25.7 Å². The fourth-order valence-electron chi connectivity index (χ4n) is 2.81. The first-order valence-corrected chi connectivity index (χ1v) is 11.3. The van der Waals surface area contributed by atoms with E-state index in [1.165, 1.54) is 77.0 Å². The van der Waals surface area contributed by atoms with Crippen molar-refractivity contribution < 1.29 is 4.79 Å². The first-order chi connectivity index (χ1) is 11.3. The highest BCUT2D eigenvalue weighted by molar-refractivity contribution is 7.99. The monoisotopic (exact) mass is 343 g/mol. The van der Waals surface area contributed by atoms with E-state index in [4.69, 9.17) is 0 Å². The van der Waals surface area contributed by atoms with Crippen molar-refractivity contribution in [1.82, 2.24) is 4.90 Å². The number of nitrogens with zero attached hydrogens (tertiary/aromatic N) is 1. The summed E-state index contributed by atoms with van der Waals surface area (Å²) in [5.41, 5.74) is 0. The normalized spacial score (nSPS) is 10.9. The van der Waals surface area contributed by atoms with Crippen LogP contribution >= 0.6 is 11.8 Å². The Bertz CT molecular complexity index is 242. The van der Waals surface area contributed by atoms with Crippen LogP contribution in [-0.4, -0.2) is 35.4 Å². The van der Waals surface area contributed by atoms with Gasteiger partial charge in [-0.3, -0.25) is 4.79 Å². The quantitative estimate of drug-likeness (QED) is 0.289. The van der Waals surface area contributed by atoms with Crippen molar-refractivity contribution in [3.63, 3.8) is 0 Å². The van der Waals surface area contributed by atoms with Gasteiger partial charge in [-0.05, 0) is 18.6 Å². The summed E-state index contributed by atoms with van der Waals surface area (Å²) in [4.78, 5) is 14.5. The highest BCUT2D eigenvalue weighted by atomic mass is 32.2. The van der Waals surface area contributed by atoms with E-state index >= 15 is 0 Å². The Labute approximate surface area is 150 Å². The maximum atomic E-state index is 12.3. The van der Waals surface area contributed by atoms with Crippen molar-refractivity contribution in [3.8, 4) is 0 Å². The van der Waals surface area contributed by atoms with Crippen LogP contribution in [0.4, 0.5) is 0 Å². The highest BCUT2D eigenvalue weighted by Crippen LogP contribution is 2.10. The molecule has 0 saturated carbocycles. The molecule has 0 spiro atoms. The molecule has 0 bridgehead atoms. The number of amides is 1. The Morgan fingerprint density at radius 3 is 1.57 bits per heavy atom. The molecule has 0 aliphatic carbocycles. The summed E-state index contributed by atoms with van der Waals surface area (Å²) in [6.45, 7) is 8.59. The number of hydrogen-bond acceptors (Lipinski definition) is 2. The Kier molecular flexibility index (Phi) is 18.0. The highest BCUT2D eigenvalue weighted by Gasteiger charge is 2.12. The van der Waals surface area contributed by atoms with E-state index in [0.29, 0.717) is 11.7 Å². The Morgan fingerprint density at radius 2 is 1.13 bits per heavy atom. The number of hydrogen-bond donors (Lipinski definition) is 0. The summed E-state index contributed by atoms with van der Waals surface area (Å²) in [5, 5.41) is 0. The van der Waals surface area contributed by atoms with Gasteiger partial charge < -0.3 is 4.90 Å². The van der Waals surface area contributed by atoms with Crippen molar-refractivity contribution >= 4 is 17.7 Å². The molecule has 0 aromatic carbocycles. The van der Waals surface area contributed by atoms with Crippen molar-refractivity contribution in [3.05, 3.63) is 0 Å². The van der Waals surface area contributed by atoms with E-state index in [-0.39, 0.29) is 0 Å². The van der Waals surface area contributed by atoms with Crippen molar-refractivity contribution in [2.45, 2.75) is 97.8 Å². The summed E-state index contributed by atoms with van der Waals surface area (Å²) in [6.07, 6.45) is 15.6. The lowest BCUT2D eigenvalue weighted by Gasteiger charge is -2.22. The summed E-state index contributed by atoms with van der Waals surface area (Å²) in [6, 6.07) is 0. The number of carbonyl (C=O) groups excluding carboxylic acids is 1. The predicted molar refractivity (Wildman–Crippen MR) is 106 cm³/mol. The minimum atomic E-state index is 0.360. The van der Waals surface area contributed by atoms with E-state index in [0.717, 1.165) is 18.8 Å². The molecule has 0 aromatic rings. The summed E-state index contributed by atoms with van der Waals surface area (Å²) >= 11 is 1.75. The van der Waals surface area contributed by atoms with Crippen LogP contribution in [0.25, 0.3) is 0 Å². The third-order valence-corrected chi connectivity index (χ3v) is 5.20. The van der Waals surface area contributed by atoms with Gasteiger partial charge in [0.2, 0.25) is 5.91 Å². The van der Waals surface area contributed by atoms with Crippen LogP contribution in [0.1, 0.15) is 97.8 Å². The van der Waals surface area contributed by atoms with Crippen molar-refractivity contribution in [1.29, 1.82) is 0 Å². The lowest BCUT2D eigenvalue weighted by atomic mass is 10.1. The van der Waals surface area contributed by atoms with Crippen LogP contribution in [0.3, 0.4) is 0 Å². The lowest BCUT2D eigenvalue weighted by molar-refractivity contribution is -0.128. The molecule has 0 rings (SSSR count). The minimum Gasteiger partial charge on any atom is -0.342 e. The minimum absolute atomic E-state index is 0.360. The van der Waals surface area contributed by atoms with Crippen LogP contribution in [0.2, 0.25) is 0 Å². The van der Waals surface area contributed by atoms with Gasteiger partial charge in [0, 0.05) is 13.1 Å². The Hall–Kier alpha value is -0.180. The van der Waals surface area contributed by atoms with Crippen LogP contribution in [0, 0.1) is 0 Å². The van der Waals surface area contributed by atoms with E-state index in [1.54, 1.807) is 11.8 Å². The summed E-state index contributed by atoms with van der Waals surface area (Å²) < 4.78 is 0. The number of rotatable bonds is 17. The predicted octanol–water partition coefficient (Wildman–Crippen LogP) is 6.29.